The largest absolute Gasteiger partial charge is 0.340 e. The number of carbonyl (C=O) groups excluding carboxylic acids is 1. The molecule has 0 unspecified atom stereocenters. The van der Waals surface area contributed by atoms with E-state index in [0.29, 0.717) is 24.5 Å². The van der Waals surface area contributed by atoms with Gasteiger partial charge in [0.1, 0.15) is 0 Å². The van der Waals surface area contributed by atoms with Gasteiger partial charge in [0.05, 0.1) is 4.90 Å². The van der Waals surface area contributed by atoms with Crippen LogP contribution in [0.5, 0.6) is 0 Å². The summed E-state index contributed by atoms with van der Waals surface area (Å²) in [4.78, 5) is 14.7. The van der Waals surface area contributed by atoms with Crippen LogP contribution < -0.4 is 5.32 Å². The molecule has 1 fully saturated rings. The third-order valence-electron chi connectivity index (χ3n) is 5.46. The van der Waals surface area contributed by atoms with Gasteiger partial charge in [0.25, 0.3) is 0 Å². The van der Waals surface area contributed by atoms with Gasteiger partial charge in [-0.2, -0.15) is 4.31 Å². The second-order valence-electron chi connectivity index (χ2n) is 7.69. The zero-order valence-corrected chi connectivity index (χ0v) is 18.6. The molecule has 1 saturated heterocycles. The highest BCUT2D eigenvalue weighted by molar-refractivity contribution is 7.89. The minimum Gasteiger partial charge on any atom is -0.340 e. The molecule has 0 aliphatic carbocycles. The number of nitrogens with one attached hydrogen (secondary N) is 1. The van der Waals surface area contributed by atoms with E-state index in [1.165, 1.54) is 4.31 Å². The number of aryl methyl sites for hydroxylation is 3. The van der Waals surface area contributed by atoms with E-state index in [1.54, 1.807) is 6.07 Å². The maximum atomic E-state index is 13.4. The van der Waals surface area contributed by atoms with Gasteiger partial charge in [0, 0.05) is 45.7 Å². The van der Waals surface area contributed by atoms with Gasteiger partial charge >= 0.3 is 0 Å². The number of nitrogens with zero attached hydrogens (tertiary/aromatic N) is 2. The first-order chi connectivity index (χ1) is 13.3. The lowest BCUT2D eigenvalue weighted by molar-refractivity contribution is -0.131. The Morgan fingerprint density at radius 2 is 1.68 bits per heavy atom. The molecule has 158 valence electrons. The maximum Gasteiger partial charge on any atom is 0.243 e. The summed E-state index contributed by atoms with van der Waals surface area (Å²) in [5, 5.41) is 3.23. The summed E-state index contributed by atoms with van der Waals surface area (Å²) in [6.07, 6.45) is 3.04. The predicted molar refractivity (Wildman–Crippen MR) is 113 cm³/mol. The number of carbonyl (C=O) groups is 1. The van der Waals surface area contributed by atoms with E-state index in [1.807, 2.05) is 31.7 Å². The van der Waals surface area contributed by atoms with Gasteiger partial charge in [-0.3, -0.25) is 4.79 Å². The molecule has 0 atom stereocenters. The standard InChI is InChI=1S/C21H35N3O3S/c1-5-6-7-11-24(12-8-21(25)23-13-9-22-10-14-23)28(26,27)20-16-18(3)17(2)15-19(20)4/h15-16,22H,5-14H2,1-4H3. The van der Waals surface area contributed by atoms with Crippen LogP contribution in [0.15, 0.2) is 17.0 Å². The van der Waals surface area contributed by atoms with Crippen LogP contribution in [0.1, 0.15) is 49.3 Å². The number of benzene rings is 1. The van der Waals surface area contributed by atoms with E-state index in [0.717, 1.165) is 49.0 Å². The Kier molecular flexibility index (Phi) is 8.46. The number of amides is 1. The predicted octanol–water partition coefficient (Wildman–Crippen LogP) is 2.61. The van der Waals surface area contributed by atoms with Crippen LogP contribution in [0.3, 0.4) is 0 Å². The van der Waals surface area contributed by atoms with Crippen molar-refractivity contribution in [2.75, 3.05) is 39.3 Å². The molecule has 2 rings (SSSR count). The Balaban J connectivity index is 2.18. The number of piperazine rings is 1. The highest BCUT2D eigenvalue weighted by Gasteiger charge is 2.27. The molecule has 7 heteroatoms. The van der Waals surface area contributed by atoms with Crippen molar-refractivity contribution in [3.8, 4) is 0 Å². The third kappa shape index (κ3) is 5.78. The van der Waals surface area contributed by atoms with E-state index in [2.05, 4.69) is 12.2 Å². The second kappa shape index (κ2) is 10.4. The summed E-state index contributed by atoms with van der Waals surface area (Å²) < 4.78 is 28.3. The van der Waals surface area contributed by atoms with Crippen molar-refractivity contribution < 1.29 is 13.2 Å². The van der Waals surface area contributed by atoms with E-state index >= 15 is 0 Å². The third-order valence-corrected chi connectivity index (χ3v) is 7.51. The first-order valence-electron chi connectivity index (χ1n) is 10.3. The number of hydrogen-bond acceptors (Lipinski definition) is 4. The zero-order chi connectivity index (χ0) is 20.7. The summed E-state index contributed by atoms with van der Waals surface area (Å²) in [5.41, 5.74) is 2.81. The molecule has 1 aliphatic rings. The Morgan fingerprint density at radius 3 is 2.32 bits per heavy atom. The van der Waals surface area contributed by atoms with Gasteiger partial charge in [0.2, 0.25) is 15.9 Å². The lowest BCUT2D eigenvalue weighted by atomic mass is 10.1. The summed E-state index contributed by atoms with van der Waals surface area (Å²) in [6, 6.07) is 3.70. The molecule has 0 saturated carbocycles. The SMILES string of the molecule is CCCCCN(CCC(=O)N1CCNCC1)S(=O)(=O)c1cc(C)c(C)cc1C. The van der Waals surface area contributed by atoms with E-state index in [9.17, 15) is 13.2 Å². The van der Waals surface area contributed by atoms with Crippen molar-refractivity contribution >= 4 is 15.9 Å². The van der Waals surface area contributed by atoms with Crippen LogP contribution in [0.4, 0.5) is 0 Å². The minimum absolute atomic E-state index is 0.0361. The minimum atomic E-state index is -3.63. The van der Waals surface area contributed by atoms with Gasteiger partial charge in [-0.05, 0) is 49.9 Å². The topological polar surface area (TPSA) is 69.7 Å². The highest BCUT2D eigenvalue weighted by atomic mass is 32.2. The van der Waals surface area contributed by atoms with Crippen molar-refractivity contribution in [2.45, 2.75) is 58.3 Å². The average molecular weight is 410 g/mol. The van der Waals surface area contributed by atoms with E-state index < -0.39 is 10.0 Å². The summed E-state index contributed by atoms with van der Waals surface area (Å²) in [6.45, 7) is 11.5. The fraction of sp³-hybridized carbons (Fsp3) is 0.667. The van der Waals surface area contributed by atoms with Gasteiger partial charge in [-0.25, -0.2) is 8.42 Å². The smallest absolute Gasteiger partial charge is 0.243 e. The Hall–Kier alpha value is -1.44. The molecule has 1 heterocycles. The molecule has 0 aromatic heterocycles. The van der Waals surface area contributed by atoms with Crippen LogP contribution in [0, 0.1) is 20.8 Å². The van der Waals surface area contributed by atoms with Crippen molar-refractivity contribution in [2.24, 2.45) is 0 Å². The van der Waals surface area contributed by atoms with Crippen molar-refractivity contribution in [1.29, 1.82) is 0 Å². The van der Waals surface area contributed by atoms with Crippen molar-refractivity contribution in [1.82, 2.24) is 14.5 Å². The Bertz CT molecular complexity index is 771. The average Bonchev–Trinajstić information content (AvgIpc) is 2.67. The summed E-state index contributed by atoms with van der Waals surface area (Å²) in [5.74, 6) is 0.0361. The van der Waals surface area contributed by atoms with Crippen LogP contribution in [-0.2, 0) is 14.8 Å². The molecule has 1 aliphatic heterocycles. The van der Waals surface area contributed by atoms with E-state index in [4.69, 9.17) is 0 Å². The number of hydrogen-bond donors (Lipinski definition) is 1. The lowest BCUT2D eigenvalue weighted by Crippen LogP contribution is -2.47. The molecule has 28 heavy (non-hydrogen) atoms. The molecular formula is C21H35N3O3S. The quantitative estimate of drug-likeness (QED) is 0.637. The summed E-state index contributed by atoms with van der Waals surface area (Å²) in [7, 11) is -3.63. The molecule has 1 N–H and O–H groups in total. The van der Waals surface area contributed by atoms with E-state index in [-0.39, 0.29) is 18.9 Å². The molecule has 1 aromatic carbocycles. The molecular weight excluding hydrogens is 374 g/mol. The van der Waals surface area contributed by atoms with Gasteiger partial charge in [-0.15, -0.1) is 0 Å². The van der Waals surface area contributed by atoms with Gasteiger partial charge < -0.3 is 10.2 Å². The van der Waals surface area contributed by atoms with Crippen molar-refractivity contribution in [3.05, 3.63) is 28.8 Å². The van der Waals surface area contributed by atoms with Crippen LogP contribution in [-0.4, -0.2) is 62.8 Å². The Morgan fingerprint density at radius 1 is 1.04 bits per heavy atom. The first kappa shape index (κ1) is 22.8. The fourth-order valence-electron chi connectivity index (χ4n) is 3.53. The van der Waals surface area contributed by atoms with Crippen LogP contribution in [0.2, 0.25) is 0 Å². The van der Waals surface area contributed by atoms with Crippen molar-refractivity contribution in [3.63, 3.8) is 0 Å². The molecule has 1 amide bonds. The molecule has 0 spiro atoms. The molecule has 0 radical (unpaired) electrons. The Labute approximate surface area is 170 Å². The lowest BCUT2D eigenvalue weighted by Gasteiger charge is -2.29. The van der Waals surface area contributed by atoms with Gasteiger partial charge in [0.15, 0.2) is 0 Å². The monoisotopic (exact) mass is 409 g/mol. The number of unbranched alkanes of at least 4 members (excludes halogenated alkanes) is 2. The maximum absolute atomic E-state index is 13.4. The second-order valence-corrected chi connectivity index (χ2v) is 9.60. The molecule has 6 nitrogen and oxygen atoms in total. The fourth-order valence-corrected chi connectivity index (χ4v) is 5.30. The zero-order valence-electron chi connectivity index (χ0n) is 17.8. The van der Waals surface area contributed by atoms with Crippen LogP contribution in [0.25, 0.3) is 0 Å². The normalized spacial score (nSPS) is 15.2. The summed E-state index contributed by atoms with van der Waals surface area (Å²) >= 11 is 0. The number of rotatable bonds is 9. The molecule has 0 bridgehead atoms. The first-order valence-corrected chi connectivity index (χ1v) is 11.8. The number of sulfonamides is 1. The highest BCUT2D eigenvalue weighted by Crippen LogP contribution is 2.24. The van der Waals surface area contributed by atoms with Crippen LogP contribution >= 0.6 is 0 Å². The molecule has 1 aromatic rings. The van der Waals surface area contributed by atoms with Gasteiger partial charge in [-0.1, -0.05) is 25.8 Å².